The molecule has 0 spiro atoms. The van der Waals surface area contributed by atoms with Gasteiger partial charge in [-0.25, -0.2) is 9.78 Å². The number of carbonyl (C=O) groups excluding carboxylic acids is 1. The summed E-state index contributed by atoms with van der Waals surface area (Å²) in [4.78, 5) is 34.3. The topological polar surface area (TPSA) is 83.0 Å². The molecule has 0 bridgehead atoms. The summed E-state index contributed by atoms with van der Waals surface area (Å²) in [6.07, 6.45) is -0.303. The zero-order valence-corrected chi connectivity index (χ0v) is 24.3. The second-order valence-corrected chi connectivity index (χ2v) is 12.5. The molecule has 2 aromatic rings. The second kappa shape index (κ2) is 12.0. The normalized spacial score (nSPS) is 24.0. The molecule has 10 heteroatoms. The van der Waals surface area contributed by atoms with Gasteiger partial charge >= 0.3 is 12.1 Å². The van der Waals surface area contributed by atoms with Gasteiger partial charge in [-0.15, -0.1) is 0 Å². The van der Waals surface area contributed by atoms with Crippen LogP contribution in [0.2, 0.25) is 0 Å². The number of carboxylic acids is 1. The lowest BCUT2D eigenvalue weighted by atomic mass is 9.73. The number of anilines is 1. The molecule has 1 saturated carbocycles. The van der Waals surface area contributed by atoms with Gasteiger partial charge in [-0.3, -0.25) is 4.79 Å². The highest BCUT2D eigenvalue weighted by Crippen LogP contribution is 2.51. The van der Waals surface area contributed by atoms with E-state index in [-0.39, 0.29) is 24.0 Å². The van der Waals surface area contributed by atoms with Gasteiger partial charge in [0, 0.05) is 37.7 Å². The van der Waals surface area contributed by atoms with Crippen LogP contribution < -0.4 is 4.90 Å². The summed E-state index contributed by atoms with van der Waals surface area (Å²) < 4.78 is 47.3. The highest BCUT2D eigenvalue weighted by atomic mass is 19.4. The molecule has 0 radical (unpaired) electrons. The van der Waals surface area contributed by atoms with Gasteiger partial charge in [0.2, 0.25) is 5.91 Å². The van der Waals surface area contributed by atoms with E-state index in [0.29, 0.717) is 18.7 Å². The molecule has 224 valence electrons. The van der Waals surface area contributed by atoms with Gasteiger partial charge in [0.25, 0.3) is 0 Å². The van der Waals surface area contributed by atoms with Gasteiger partial charge in [-0.2, -0.15) is 13.2 Å². The van der Waals surface area contributed by atoms with Crippen molar-refractivity contribution in [2.45, 2.75) is 83.8 Å². The number of carboxylic acid groups (broad SMARTS) is 1. The third kappa shape index (κ3) is 6.52. The molecule has 0 unspecified atom stereocenters. The highest BCUT2D eigenvalue weighted by molar-refractivity contribution is 5.87. The molecule has 41 heavy (non-hydrogen) atoms. The van der Waals surface area contributed by atoms with Crippen LogP contribution in [0.4, 0.5) is 19.0 Å². The SMILES string of the molecule is CN(C)c1ncc(C(F)(F)F)cc1CO[C@@H]1[C@@H](C(C)(C)C)[C@H](C(=O)O)N(C(=O)C2CCCCC2)[C@@H]1c1ccccc1. The van der Waals surface area contributed by atoms with Crippen molar-refractivity contribution in [3.05, 3.63) is 59.3 Å². The fourth-order valence-electron chi connectivity index (χ4n) is 6.50. The number of hydrogen-bond donors (Lipinski definition) is 1. The van der Waals surface area contributed by atoms with Crippen LogP contribution in [0.5, 0.6) is 0 Å². The van der Waals surface area contributed by atoms with Crippen LogP contribution in [-0.4, -0.2) is 53.1 Å². The first-order valence-electron chi connectivity index (χ1n) is 14.2. The van der Waals surface area contributed by atoms with Crippen LogP contribution >= 0.6 is 0 Å². The van der Waals surface area contributed by atoms with Crippen LogP contribution in [0.3, 0.4) is 0 Å². The van der Waals surface area contributed by atoms with Crippen molar-refractivity contribution in [2.75, 3.05) is 19.0 Å². The molecule has 1 N–H and O–H groups in total. The molecule has 2 fully saturated rings. The third-order valence-corrected chi connectivity index (χ3v) is 8.33. The van der Waals surface area contributed by atoms with E-state index >= 15 is 0 Å². The number of ether oxygens (including phenoxy) is 1. The average molecular weight is 576 g/mol. The predicted molar refractivity (Wildman–Crippen MR) is 149 cm³/mol. The molecule has 1 aliphatic heterocycles. The summed E-state index contributed by atoms with van der Waals surface area (Å²) >= 11 is 0. The van der Waals surface area contributed by atoms with Crippen molar-refractivity contribution in [3.63, 3.8) is 0 Å². The van der Waals surface area contributed by atoms with E-state index in [9.17, 15) is 27.9 Å². The number of benzene rings is 1. The molecule has 1 amide bonds. The molecule has 1 aliphatic carbocycles. The van der Waals surface area contributed by atoms with E-state index in [0.717, 1.165) is 37.1 Å². The minimum atomic E-state index is -4.59. The number of alkyl halides is 3. The average Bonchev–Trinajstić information content (AvgIpc) is 3.28. The monoisotopic (exact) mass is 575 g/mol. The van der Waals surface area contributed by atoms with Crippen LogP contribution in [0.25, 0.3) is 0 Å². The largest absolute Gasteiger partial charge is 0.480 e. The van der Waals surface area contributed by atoms with Crippen LogP contribution in [0.1, 0.15) is 75.6 Å². The zero-order chi connectivity index (χ0) is 30.1. The number of carbonyl (C=O) groups is 2. The lowest BCUT2D eigenvalue weighted by Gasteiger charge is -2.35. The number of aromatic nitrogens is 1. The van der Waals surface area contributed by atoms with Crippen molar-refractivity contribution in [2.24, 2.45) is 17.3 Å². The number of hydrogen-bond acceptors (Lipinski definition) is 5. The molecule has 4 atom stereocenters. The lowest BCUT2D eigenvalue weighted by Crippen LogP contribution is -2.49. The molecule has 7 nitrogen and oxygen atoms in total. The minimum absolute atomic E-state index is 0.194. The van der Waals surface area contributed by atoms with Crippen LogP contribution in [0, 0.1) is 17.3 Å². The maximum absolute atomic E-state index is 14.2. The van der Waals surface area contributed by atoms with E-state index in [2.05, 4.69) is 4.98 Å². The highest BCUT2D eigenvalue weighted by Gasteiger charge is 2.59. The van der Waals surface area contributed by atoms with E-state index in [1.807, 2.05) is 51.1 Å². The summed E-state index contributed by atoms with van der Waals surface area (Å²) in [5.74, 6) is -1.90. The molecule has 2 heterocycles. The van der Waals surface area contributed by atoms with Crippen molar-refractivity contribution < 1.29 is 32.6 Å². The number of halogens is 3. The van der Waals surface area contributed by atoms with Crippen LogP contribution in [-0.2, 0) is 27.1 Å². The quantitative estimate of drug-likeness (QED) is 0.416. The molecule has 1 aromatic heterocycles. The summed E-state index contributed by atoms with van der Waals surface area (Å²) in [5.41, 5.74) is -0.542. The third-order valence-electron chi connectivity index (χ3n) is 8.33. The smallest absolute Gasteiger partial charge is 0.417 e. The molecule has 4 rings (SSSR count). The lowest BCUT2D eigenvalue weighted by molar-refractivity contribution is -0.154. The van der Waals surface area contributed by atoms with E-state index in [1.54, 1.807) is 19.0 Å². The molecule has 1 aromatic carbocycles. The Morgan fingerprint density at radius 1 is 1.07 bits per heavy atom. The fraction of sp³-hybridized carbons (Fsp3) is 0.581. The Labute approximate surface area is 239 Å². The van der Waals surface area contributed by atoms with Gasteiger partial charge < -0.3 is 19.6 Å². The molecule has 1 saturated heterocycles. The maximum atomic E-state index is 14.2. The number of aliphatic carboxylic acids is 1. The second-order valence-electron chi connectivity index (χ2n) is 12.5. The first kappa shape index (κ1) is 30.8. The van der Waals surface area contributed by atoms with Gasteiger partial charge in [0.1, 0.15) is 11.9 Å². The van der Waals surface area contributed by atoms with Crippen molar-refractivity contribution in [1.82, 2.24) is 9.88 Å². The minimum Gasteiger partial charge on any atom is -0.480 e. The summed E-state index contributed by atoms with van der Waals surface area (Å²) in [6, 6.07) is 8.35. The van der Waals surface area contributed by atoms with E-state index in [4.69, 9.17) is 4.74 Å². The first-order chi connectivity index (χ1) is 19.2. The molecule has 2 aliphatic rings. The predicted octanol–water partition coefficient (Wildman–Crippen LogP) is 6.33. The van der Waals surface area contributed by atoms with Crippen molar-refractivity contribution >= 4 is 17.7 Å². The van der Waals surface area contributed by atoms with E-state index < -0.39 is 47.2 Å². The number of amides is 1. The standard InChI is InChI=1S/C31H40F3N3O4/c1-30(2,3)23-25(29(39)40)37(28(38)20-14-10-7-11-15-20)24(19-12-8-6-9-13-19)26(23)41-18-21-16-22(31(32,33)34)17-35-27(21)36(4)5/h6,8-9,12-13,16-17,20,23-26H,7,10-11,14-15,18H2,1-5H3,(H,39,40)/t23-,24+,25+,26+/m0/s1. The Balaban J connectivity index is 1.82. The van der Waals surface area contributed by atoms with Gasteiger partial charge in [-0.05, 0) is 29.9 Å². The summed E-state index contributed by atoms with van der Waals surface area (Å²) in [5, 5.41) is 10.6. The van der Waals surface area contributed by atoms with Crippen molar-refractivity contribution in [1.29, 1.82) is 0 Å². The van der Waals surface area contributed by atoms with Gasteiger partial charge in [0.15, 0.2) is 0 Å². The number of pyridine rings is 1. The van der Waals surface area contributed by atoms with E-state index in [1.165, 1.54) is 4.90 Å². The number of rotatable bonds is 7. The Bertz CT molecular complexity index is 1220. The van der Waals surface area contributed by atoms with Gasteiger partial charge in [0.05, 0.1) is 24.3 Å². The maximum Gasteiger partial charge on any atom is 0.417 e. The van der Waals surface area contributed by atoms with Gasteiger partial charge in [-0.1, -0.05) is 70.4 Å². The fourth-order valence-corrected chi connectivity index (χ4v) is 6.50. The Kier molecular flexibility index (Phi) is 9.01. The summed E-state index contributed by atoms with van der Waals surface area (Å²) in [7, 11) is 3.37. The Morgan fingerprint density at radius 2 is 1.71 bits per heavy atom. The molecular formula is C31H40F3N3O4. The first-order valence-corrected chi connectivity index (χ1v) is 14.2. The Hall–Kier alpha value is -3.14. The summed E-state index contributed by atoms with van der Waals surface area (Å²) in [6.45, 7) is 5.51. The Morgan fingerprint density at radius 3 is 2.24 bits per heavy atom. The zero-order valence-electron chi connectivity index (χ0n) is 24.3. The number of nitrogens with zero attached hydrogens (tertiary/aromatic N) is 3. The van der Waals surface area contributed by atoms with Crippen molar-refractivity contribution in [3.8, 4) is 0 Å². The van der Waals surface area contributed by atoms with Crippen LogP contribution in [0.15, 0.2) is 42.6 Å². The number of likely N-dealkylation sites (tertiary alicyclic amines) is 1. The molecular weight excluding hydrogens is 535 g/mol.